The fourth-order valence-corrected chi connectivity index (χ4v) is 1.85. The van der Waals surface area contributed by atoms with Crippen LogP contribution in [-0.4, -0.2) is 52.1 Å². The van der Waals surface area contributed by atoms with Gasteiger partial charge >= 0.3 is 11.9 Å². The zero-order valence-electron chi connectivity index (χ0n) is 12.9. The zero-order chi connectivity index (χ0) is 17.2. The second kappa shape index (κ2) is 10.3. The molecule has 7 nitrogen and oxygen atoms in total. The Balaban J connectivity index is 0.000000626. The van der Waals surface area contributed by atoms with Crippen LogP contribution in [0.4, 0.5) is 0 Å². The zero-order valence-corrected chi connectivity index (χ0v) is 13.7. The van der Waals surface area contributed by atoms with Gasteiger partial charge < -0.3 is 25.4 Å². The number of rotatable bonds is 6. The van der Waals surface area contributed by atoms with Crippen LogP contribution in [0, 0.1) is 0 Å². The molecule has 0 aliphatic heterocycles. The van der Waals surface area contributed by atoms with Crippen molar-refractivity contribution in [3.63, 3.8) is 0 Å². The average molecular weight is 333 g/mol. The Morgan fingerprint density at radius 3 is 2.32 bits per heavy atom. The summed E-state index contributed by atoms with van der Waals surface area (Å²) in [5.41, 5.74) is -0.186. The summed E-state index contributed by atoms with van der Waals surface area (Å²) >= 11 is 1.72. The highest BCUT2D eigenvalue weighted by Gasteiger charge is 2.13. The summed E-state index contributed by atoms with van der Waals surface area (Å²) in [7, 11) is 0. The number of carboxylic acid groups (broad SMARTS) is 2. The number of thiophene rings is 1. The highest BCUT2D eigenvalue weighted by Crippen LogP contribution is 2.08. The lowest BCUT2D eigenvalue weighted by Crippen LogP contribution is -2.33. The second-order valence-corrected chi connectivity index (χ2v) is 6.43. The van der Waals surface area contributed by atoms with Crippen LogP contribution in [0.25, 0.3) is 0 Å². The van der Waals surface area contributed by atoms with Crippen LogP contribution in [0.15, 0.2) is 17.5 Å². The standard InChI is InChI=1S/C12H21NO2S.C2H2O4/c1-12(2,3)15-9-10(14)7-13-8-11-5-4-6-16-11;3-1(4)2(5)6/h4-6,10,13-14H,7-9H2,1-3H3;(H,3,4)(H,5,6). The van der Waals surface area contributed by atoms with Gasteiger partial charge in [0, 0.05) is 18.0 Å². The van der Waals surface area contributed by atoms with Gasteiger partial charge in [0.2, 0.25) is 0 Å². The summed E-state index contributed by atoms with van der Waals surface area (Å²) in [4.78, 5) is 19.5. The first-order valence-corrected chi connectivity index (χ1v) is 7.51. The number of nitrogens with one attached hydrogen (secondary N) is 1. The molecule has 0 saturated heterocycles. The van der Waals surface area contributed by atoms with Crippen molar-refractivity contribution in [1.82, 2.24) is 5.32 Å². The van der Waals surface area contributed by atoms with Crippen LogP contribution in [-0.2, 0) is 20.9 Å². The predicted octanol–water partition coefficient (Wildman–Crippen LogP) is 1.17. The number of carboxylic acids is 2. The van der Waals surface area contributed by atoms with Crippen LogP contribution in [0.5, 0.6) is 0 Å². The number of carbonyl (C=O) groups is 2. The average Bonchev–Trinajstić information content (AvgIpc) is 2.89. The first-order chi connectivity index (χ1) is 10.1. The van der Waals surface area contributed by atoms with E-state index in [9.17, 15) is 5.11 Å². The Bertz CT molecular complexity index is 429. The van der Waals surface area contributed by atoms with E-state index in [2.05, 4.69) is 16.8 Å². The number of aliphatic carboxylic acids is 2. The largest absolute Gasteiger partial charge is 0.473 e. The molecular weight excluding hydrogens is 310 g/mol. The quantitative estimate of drug-likeness (QED) is 0.577. The molecule has 1 unspecified atom stereocenters. The fourth-order valence-electron chi connectivity index (χ4n) is 1.18. The molecule has 0 aromatic carbocycles. The molecule has 8 heteroatoms. The highest BCUT2D eigenvalue weighted by atomic mass is 32.1. The Labute approximate surface area is 133 Å². The third-order valence-corrected chi connectivity index (χ3v) is 3.03. The van der Waals surface area contributed by atoms with Crippen molar-refractivity contribution in [2.24, 2.45) is 0 Å². The van der Waals surface area contributed by atoms with Crippen molar-refractivity contribution >= 4 is 23.3 Å². The SMILES string of the molecule is CC(C)(C)OCC(O)CNCc1cccs1.O=C(O)C(=O)O. The Hall–Kier alpha value is -1.48. The van der Waals surface area contributed by atoms with Gasteiger partial charge in [-0.15, -0.1) is 11.3 Å². The van der Waals surface area contributed by atoms with E-state index in [-0.39, 0.29) is 5.60 Å². The molecule has 0 amide bonds. The number of aliphatic hydroxyl groups excluding tert-OH is 1. The molecule has 126 valence electrons. The van der Waals surface area contributed by atoms with E-state index in [0.717, 1.165) is 6.54 Å². The van der Waals surface area contributed by atoms with Gasteiger partial charge in [-0.1, -0.05) is 6.07 Å². The molecule has 0 aliphatic carbocycles. The first kappa shape index (κ1) is 20.5. The highest BCUT2D eigenvalue weighted by molar-refractivity contribution is 7.09. The summed E-state index contributed by atoms with van der Waals surface area (Å²) in [6.45, 7) is 7.70. The lowest BCUT2D eigenvalue weighted by Gasteiger charge is -2.22. The Kier molecular flexibility index (Phi) is 9.59. The maximum absolute atomic E-state index is 9.66. The molecule has 1 aromatic heterocycles. The Morgan fingerprint density at radius 2 is 1.91 bits per heavy atom. The molecule has 1 aromatic rings. The van der Waals surface area contributed by atoms with E-state index in [1.54, 1.807) is 11.3 Å². The first-order valence-electron chi connectivity index (χ1n) is 6.63. The lowest BCUT2D eigenvalue weighted by molar-refractivity contribution is -0.159. The second-order valence-electron chi connectivity index (χ2n) is 5.40. The lowest BCUT2D eigenvalue weighted by atomic mass is 10.2. The van der Waals surface area contributed by atoms with E-state index in [1.165, 1.54) is 4.88 Å². The summed E-state index contributed by atoms with van der Waals surface area (Å²) in [5, 5.41) is 29.7. The molecule has 0 saturated carbocycles. The summed E-state index contributed by atoms with van der Waals surface area (Å²) in [5.74, 6) is -3.65. The predicted molar refractivity (Wildman–Crippen MR) is 83.0 cm³/mol. The minimum atomic E-state index is -1.82. The monoisotopic (exact) mass is 333 g/mol. The maximum atomic E-state index is 9.66. The van der Waals surface area contributed by atoms with Gasteiger partial charge in [0.15, 0.2) is 0 Å². The van der Waals surface area contributed by atoms with E-state index in [0.29, 0.717) is 13.2 Å². The summed E-state index contributed by atoms with van der Waals surface area (Å²) in [6, 6.07) is 4.11. The van der Waals surface area contributed by atoms with Crippen molar-refractivity contribution in [2.75, 3.05) is 13.2 Å². The van der Waals surface area contributed by atoms with E-state index >= 15 is 0 Å². The smallest absolute Gasteiger partial charge is 0.414 e. The molecule has 0 spiro atoms. The number of ether oxygens (including phenoxy) is 1. The fraction of sp³-hybridized carbons (Fsp3) is 0.571. The third-order valence-electron chi connectivity index (χ3n) is 2.15. The molecule has 0 bridgehead atoms. The molecule has 1 rings (SSSR count). The van der Waals surface area contributed by atoms with Crippen LogP contribution < -0.4 is 5.32 Å². The molecule has 0 aliphatic rings. The van der Waals surface area contributed by atoms with Crippen molar-refractivity contribution in [1.29, 1.82) is 0 Å². The van der Waals surface area contributed by atoms with Gasteiger partial charge in [-0.2, -0.15) is 0 Å². The molecule has 1 heterocycles. The van der Waals surface area contributed by atoms with Gasteiger partial charge in [0.25, 0.3) is 0 Å². The minimum absolute atomic E-state index is 0.186. The molecule has 22 heavy (non-hydrogen) atoms. The molecule has 0 radical (unpaired) electrons. The molecule has 0 fully saturated rings. The van der Waals surface area contributed by atoms with Gasteiger partial charge in [0.05, 0.1) is 18.3 Å². The van der Waals surface area contributed by atoms with Gasteiger partial charge in [-0.05, 0) is 32.2 Å². The molecular formula is C14H23NO6S. The Morgan fingerprint density at radius 1 is 1.32 bits per heavy atom. The van der Waals surface area contributed by atoms with Crippen molar-refractivity contribution in [3.8, 4) is 0 Å². The summed E-state index contributed by atoms with van der Waals surface area (Å²) in [6.07, 6.45) is -0.445. The van der Waals surface area contributed by atoms with Crippen molar-refractivity contribution in [3.05, 3.63) is 22.4 Å². The normalized spacial score (nSPS) is 12.2. The maximum Gasteiger partial charge on any atom is 0.414 e. The number of hydrogen-bond donors (Lipinski definition) is 4. The van der Waals surface area contributed by atoms with Crippen LogP contribution in [0.2, 0.25) is 0 Å². The van der Waals surface area contributed by atoms with Crippen molar-refractivity contribution < 1.29 is 29.6 Å². The van der Waals surface area contributed by atoms with Gasteiger partial charge in [0.1, 0.15) is 0 Å². The molecule has 1 atom stereocenters. The summed E-state index contributed by atoms with van der Waals surface area (Å²) < 4.78 is 5.49. The van der Waals surface area contributed by atoms with E-state index in [1.807, 2.05) is 26.8 Å². The van der Waals surface area contributed by atoms with E-state index in [4.69, 9.17) is 24.5 Å². The number of aliphatic hydroxyl groups is 1. The minimum Gasteiger partial charge on any atom is -0.473 e. The van der Waals surface area contributed by atoms with Gasteiger partial charge in [-0.3, -0.25) is 0 Å². The van der Waals surface area contributed by atoms with E-state index < -0.39 is 18.0 Å². The molecule has 4 N–H and O–H groups in total. The van der Waals surface area contributed by atoms with Crippen LogP contribution in [0.1, 0.15) is 25.6 Å². The number of hydrogen-bond acceptors (Lipinski definition) is 6. The van der Waals surface area contributed by atoms with Crippen LogP contribution in [0.3, 0.4) is 0 Å². The van der Waals surface area contributed by atoms with Crippen molar-refractivity contribution in [2.45, 2.75) is 39.0 Å². The van der Waals surface area contributed by atoms with Crippen LogP contribution >= 0.6 is 11.3 Å². The third kappa shape index (κ3) is 12.3. The van der Waals surface area contributed by atoms with Gasteiger partial charge in [-0.25, -0.2) is 9.59 Å². The topological polar surface area (TPSA) is 116 Å².